The molecule has 0 amide bonds. The number of hydrogen-bond acceptors (Lipinski definition) is 4. The van der Waals surface area contributed by atoms with Crippen LogP contribution in [0.5, 0.6) is 6.01 Å². The molecular weight excluding hydrogens is 248 g/mol. The predicted molar refractivity (Wildman–Crippen MR) is 45.8 cm³/mol. The van der Waals surface area contributed by atoms with Gasteiger partial charge in [0.15, 0.2) is 0 Å². The molecule has 1 rings (SSSR count). The van der Waals surface area contributed by atoms with Crippen molar-refractivity contribution in [2.75, 3.05) is 0 Å². The second-order valence-electron chi connectivity index (χ2n) is 1.58. The molecule has 1 aromatic rings. The molecule has 0 saturated carbocycles. The van der Waals surface area contributed by atoms with Gasteiger partial charge in [0.05, 0.1) is 0 Å². The van der Waals surface area contributed by atoms with Gasteiger partial charge in [-0.1, -0.05) is 0 Å². The van der Waals surface area contributed by atoms with Crippen molar-refractivity contribution in [3.8, 4) is 6.01 Å². The first-order valence-corrected chi connectivity index (χ1v) is 4.09. The Bertz CT molecular complexity index is 275. The number of halogens is 4. The minimum absolute atomic E-state index is 0.0331. The maximum Gasteiger partial charge on any atom is 0.341 e. The van der Waals surface area contributed by atoms with Gasteiger partial charge in [-0.25, -0.2) is 4.98 Å². The first-order valence-electron chi connectivity index (χ1n) is 2.58. The van der Waals surface area contributed by atoms with Crippen molar-refractivity contribution in [2.45, 2.75) is 3.98 Å². The normalized spacial score (nSPS) is 11.3. The molecule has 0 saturated heterocycles. The summed E-state index contributed by atoms with van der Waals surface area (Å²) in [6, 6.07) is -0.144. The summed E-state index contributed by atoms with van der Waals surface area (Å²) in [5.41, 5.74) is 0. The van der Waals surface area contributed by atoms with Crippen LogP contribution in [0.1, 0.15) is 0 Å². The average Bonchev–Trinajstić information content (AvgIpc) is 1.82. The van der Waals surface area contributed by atoms with Crippen LogP contribution in [0.2, 0.25) is 5.28 Å². The zero-order valence-electron chi connectivity index (χ0n) is 5.34. The van der Waals surface area contributed by atoms with E-state index in [9.17, 15) is 0 Å². The van der Waals surface area contributed by atoms with Crippen molar-refractivity contribution in [2.24, 2.45) is 0 Å². The van der Waals surface area contributed by atoms with Crippen LogP contribution in [0.25, 0.3) is 0 Å². The van der Waals surface area contributed by atoms with Crippen molar-refractivity contribution < 1.29 is 4.74 Å². The van der Waals surface area contributed by atoms with Crippen LogP contribution < -0.4 is 4.74 Å². The van der Waals surface area contributed by atoms with E-state index in [2.05, 4.69) is 19.7 Å². The van der Waals surface area contributed by atoms with Gasteiger partial charge in [-0.15, -0.1) is 0 Å². The third-order valence-electron chi connectivity index (χ3n) is 0.727. The van der Waals surface area contributed by atoms with Crippen LogP contribution in [0.15, 0.2) is 6.33 Å². The Morgan fingerprint density at radius 1 is 1.25 bits per heavy atom. The minimum Gasteiger partial charge on any atom is -0.412 e. The zero-order chi connectivity index (χ0) is 9.19. The Kier molecular flexibility index (Phi) is 3.17. The fourth-order valence-corrected chi connectivity index (χ4v) is 0.738. The summed E-state index contributed by atoms with van der Waals surface area (Å²) in [4.78, 5) is 10.6. The largest absolute Gasteiger partial charge is 0.412 e. The Morgan fingerprint density at radius 2 is 1.92 bits per heavy atom. The van der Waals surface area contributed by atoms with E-state index in [0.29, 0.717) is 0 Å². The Morgan fingerprint density at radius 3 is 2.42 bits per heavy atom. The lowest BCUT2D eigenvalue weighted by Crippen LogP contribution is -2.14. The van der Waals surface area contributed by atoms with Gasteiger partial charge in [-0.3, -0.25) is 0 Å². The highest BCUT2D eigenvalue weighted by Crippen LogP contribution is 2.27. The Hall–Kier alpha value is -0.0300. The summed E-state index contributed by atoms with van der Waals surface area (Å²) >= 11 is 21.3. The maximum atomic E-state index is 5.40. The molecule has 0 atom stereocenters. The standard InChI is InChI=1S/C4HCl4N3O/c5-2-9-1-10-3(11-2)12-4(6,7)8/h1H. The number of alkyl halides is 3. The molecule has 66 valence electrons. The molecule has 0 bridgehead atoms. The van der Waals surface area contributed by atoms with E-state index in [0.717, 1.165) is 6.33 Å². The Balaban J connectivity index is 2.77. The third kappa shape index (κ3) is 3.58. The highest BCUT2D eigenvalue weighted by Gasteiger charge is 2.23. The van der Waals surface area contributed by atoms with Crippen LogP contribution in [-0.2, 0) is 0 Å². The molecule has 1 aromatic heterocycles. The molecule has 0 aliphatic rings. The molecule has 0 aliphatic heterocycles. The highest BCUT2D eigenvalue weighted by atomic mass is 35.6. The molecule has 8 heteroatoms. The second kappa shape index (κ2) is 3.79. The van der Waals surface area contributed by atoms with E-state index in [-0.39, 0.29) is 11.3 Å². The number of ether oxygens (including phenoxy) is 1. The van der Waals surface area contributed by atoms with Crippen LogP contribution in [0.4, 0.5) is 0 Å². The number of hydrogen-bond donors (Lipinski definition) is 0. The topological polar surface area (TPSA) is 47.9 Å². The van der Waals surface area contributed by atoms with Gasteiger partial charge in [0.25, 0.3) is 0 Å². The maximum absolute atomic E-state index is 5.40. The summed E-state index contributed by atoms with van der Waals surface area (Å²) in [6.07, 6.45) is 1.14. The van der Waals surface area contributed by atoms with Gasteiger partial charge in [-0.2, -0.15) is 9.97 Å². The zero-order valence-corrected chi connectivity index (χ0v) is 8.36. The molecular formula is C4HCl4N3O. The van der Waals surface area contributed by atoms with Crippen molar-refractivity contribution in [1.29, 1.82) is 0 Å². The lowest BCUT2D eigenvalue weighted by atomic mass is 11.0. The van der Waals surface area contributed by atoms with Crippen molar-refractivity contribution in [3.05, 3.63) is 11.6 Å². The second-order valence-corrected chi connectivity index (χ2v) is 4.10. The van der Waals surface area contributed by atoms with Gasteiger partial charge < -0.3 is 4.74 Å². The van der Waals surface area contributed by atoms with Crippen LogP contribution in [0.3, 0.4) is 0 Å². The average molecular weight is 249 g/mol. The molecule has 4 nitrogen and oxygen atoms in total. The fourth-order valence-electron chi connectivity index (χ4n) is 0.415. The van der Waals surface area contributed by atoms with Gasteiger partial charge >= 0.3 is 9.99 Å². The van der Waals surface area contributed by atoms with Crippen LogP contribution in [-0.4, -0.2) is 18.9 Å². The van der Waals surface area contributed by atoms with E-state index in [4.69, 9.17) is 46.4 Å². The molecule has 0 N–H and O–H groups in total. The molecule has 1 heterocycles. The summed E-state index contributed by atoms with van der Waals surface area (Å²) in [6.45, 7) is 0. The monoisotopic (exact) mass is 247 g/mol. The van der Waals surface area contributed by atoms with Crippen molar-refractivity contribution >= 4 is 46.4 Å². The SMILES string of the molecule is Clc1ncnc(OC(Cl)(Cl)Cl)n1. The van der Waals surface area contributed by atoms with Gasteiger partial charge in [-0.05, 0) is 46.4 Å². The summed E-state index contributed by atoms with van der Waals surface area (Å²) < 4.78 is 2.73. The molecule has 12 heavy (non-hydrogen) atoms. The first kappa shape index (κ1) is 10.1. The summed E-state index contributed by atoms with van der Waals surface area (Å²) in [5.74, 6) is 0. The van der Waals surface area contributed by atoms with Gasteiger partial charge in [0.1, 0.15) is 6.33 Å². The third-order valence-corrected chi connectivity index (χ3v) is 1.14. The minimum atomic E-state index is -1.90. The van der Waals surface area contributed by atoms with Crippen molar-refractivity contribution in [1.82, 2.24) is 15.0 Å². The van der Waals surface area contributed by atoms with Crippen LogP contribution >= 0.6 is 46.4 Å². The molecule has 0 unspecified atom stereocenters. The summed E-state index contributed by atoms with van der Waals surface area (Å²) in [7, 11) is 0. The first-order chi connectivity index (χ1) is 5.47. The lowest BCUT2D eigenvalue weighted by Gasteiger charge is -2.10. The van der Waals surface area contributed by atoms with E-state index >= 15 is 0 Å². The highest BCUT2D eigenvalue weighted by molar-refractivity contribution is 6.66. The van der Waals surface area contributed by atoms with Gasteiger partial charge in [0.2, 0.25) is 5.28 Å². The van der Waals surface area contributed by atoms with Crippen LogP contribution in [0, 0.1) is 0 Å². The number of rotatable bonds is 1. The van der Waals surface area contributed by atoms with Crippen molar-refractivity contribution in [3.63, 3.8) is 0 Å². The van der Waals surface area contributed by atoms with E-state index in [1.165, 1.54) is 0 Å². The molecule has 0 fully saturated rings. The molecule has 0 spiro atoms. The quantitative estimate of drug-likeness (QED) is 0.716. The number of aromatic nitrogens is 3. The van der Waals surface area contributed by atoms with Gasteiger partial charge in [0, 0.05) is 0 Å². The predicted octanol–water partition coefficient (Wildman–Crippen LogP) is 2.23. The van der Waals surface area contributed by atoms with E-state index < -0.39 is 3.98 Å². The lowest BCUT2D eigenvalue weighted by molar-refractivity contribution is 0.292. The molecule has 0 radical (unpaired) electrons. The van der Waals surface area contributed by atoms with E-state index in [1.54, 1.807) is 0 Å². The number of nitrogens with zero attached hydrogens (tertiary/aromatic N) is 3. The smallest absolute Gasteiger partial charge is 0.341 e. The molecule has 0 aromatic carbocycles. The summed E-state index contributed by atoms with van der Waals surface area (Å²) in [5, 5.41) is -0.0331. The fraction of sp³-hybridized carbons (Fsp3) is 0.250. The Labute approximate surface area is 87.8 Å². The molecule has 0 aliphatic carbocycles. The van der Waals surface area contributed by atoms with E-state index in [1.807, 2.05) is 0 Å².